The van der Waals surface area contributed by atoms with Crippen LogP contribution in [0.5, 0.6) is 11.5 Å². The van der Waals surface area contributed by atoms with Crippen LogP contribution in [0.25, 0.3) is 6.08 Å². The van der Waals surface area contributed by atoms with Crippen LogP contribution >= 0.6 is 35.1 Å². The SMILES string of the molecule is CCCSC1=NC(=Cc2cc(OC)c(OC(C)=O)cc2Cl)C(=O)S1. The van der Waals surface area contributed by atoms with Crippen LogP contribution in [0.2, 0.25) is 5.02 Å². The van der Waals surface area contributed by atoms with Gasteiger partial charge in [0.2, 0.25) is 5.12 Å². The van der Waals surface area contributed by atoms with Gasteiger partial charge in [0.05, 0.1) is 12.1 Å². The lowest BCUT2D eigenvalue weighted by molar-refractivity contribution is -0.132. The van der Waals surface area contributed by atoms with E-state index in [0.29, 0.717) is 22.0 Å². The molecule has 0 aliphatic carbocycles. The van der Waals surface area contributed by atoms with Gasteiger partial charge in [0.15, 0.2) is 11.5 Å². The minimum atomic E-state index is -0.472. The molecular weight excluding hydrogens is 370 g/mol. The summed E-state index contributed by atoms with van der Waals surface area (Å²) in [6.45, 7) is 3.37. The summed E-state index contributed by atoms with van der Waals surface area (Å²) in [6.07, 6.45) is 2.62. The summed E-state index contributed by atoms with van der Waals surface area (Å²) in [5, 5.41) is 0.218. The number of carbonyl (C=O) groups is 2. The predicted molar refractivity (Wildman–Crippen MR) is 100 cm³/mol. The van der Waals surface area contributed by atoms with Gasteiger partial charge in [0.1, 0.15) is 10.1 Å². The van der Waals surface area contributed by atoms with E-state index in [1.807, 2.05) is 0 Å². The van der Waals surface area contributed by atoms with Crippen molar-refractivity contribution in [1.29, 1.82) is 0 Å². The van der Waals surface area contributed by atoms with Gasteiger partial charge < -0.3 is 9.47 Å². The summed E-state index contributed by atoms with van der Waals surface area (Å²) >= 11 is 8.91. The first kappa shape index (κ1) is 18.9. The van der Waals surface area contributed by atoms with E-state index in [1.54, 1.807) is 23.9 Å². The number of benzene rings is 1. The average molecular weight is 386 g/mol. The molecule has 8 heteroatoms. The number of methoxy groups -OCH3 is 1. The molecule has 0 saturated heterocycles. The highest BCUT2D eigenvalue weighted by atomic mass is 35.5. The van der Waals surface area contributed by atoms with E-state index in [0.717, 1.165) is 28.3 Å². The van der Waals surface area contributed by atoms with E-state index in [2.05, 4.69) is 11.9 Å². The van der Waals surface area contributed by atoms with Crippen molar-refractivity contribution >= 4 is 56.7 Å². The number of hydrogen-bond donors (Lipinski definition) is 0. The molecule has 0 radical (unpaired) electrons. The van der Waals surface area contributed by atoms with Crippen LogP contribution < -0.4 is 9.47 Å². The fourth-order valence-corrected chi connectivity index (χ4v) is 3.82. The number of aliphatic imine (C=N–C) groups is 1. The molecule has 0 bridgehead atoms. The number of rotatable bonds is 5. The van der Waals surface area contributed by atoms with E-state index < -0.39 is 5.97 Å². The highest BCUT2D eigenvalue weighted by Crippen LogP contribution is 2.37. The number of nitrogens with zero attached hydrogens (tertiary/aromatic N) is 1. The van der Waals surface area contributed by atoms with Gasteiger partial charge in [-0.15, -0.1) is 0 Å². The summed E-state index contributed by atoms with van der Waals surface area (Å²) in [7, 11) is 1.46. The molecule has 128 valence electrons. The Hall–Kier alpha value is -1.44. The Balaban J connectivity index is 2.33. The first-order valence-electron chi connectivity index (χ1n) is 7.16. The number of esters is 1. The smallest absolute Gasteiger partial charge is 0.308 e. The molecule has 2 rings (SSSR count). The highest BCUT2D eigenvalue weighted by molar-refractivity contribution is 8.45. The van der Waals surface area contributed by atoms with Gasteiger partial charge in [-0.2, -0.15) is 0 Å². The average Bonchev–Trinajstić information content (AvgIpc) is 2.87. The van der Waals surface area contributed by atoms with E-state index in [9.17, 15) is 9.59 Å². The maximum absolute atomic E-state index is 12.1. The zero-order valence-corrected chi connectivity index (χ0v) is 15.8. The van der Waals surface area contributed by atoms with Crippen molar-refractivity contribution in [3.8, 4) is 11.5 Å². The molecule has 0 spiro atoms. The minimum Gasteiger partial charge on any atom is -0.493 e. The molecule has 0 aromatic heterocycles. The van der Waals surface area contributed by atoms with Gasteiger partial charge in [-0.05, 0) is 41.6 Å². The summed E-state index contributed by atoms with van der Waals surface area (Å²) in [6, 6.07) is 3.09. The van der Waals surface area contributed by atoms with Crippen molar-refractivity contribution in [2.75, 3.05) is 12.9 Å². The molecule has 0 saturated carbocycles. The molecule has 5 nitrogen and oxygen atoms in total. The number of ether oxygens (including phenoxy) is 2. The van der Waals surface area contributed by atoms with Crippen LogP contribution in [0.3, 0.4) is 0 Å². The van der Waals surface area contributed by atoms with Crippen molar-refractivity contribution < 1.29 is 19.1 Å². The number of carbonyl (C=O) groups excluding carboxylic acids is 2. The van der Waals surface area contributed by atoms with E-state index >= 15 is 0 Å². The molecule has 0 unspecified atom stereocenters. The van der Waals surface area contributed by atoms with Crippen LogP contribution in [-0.4, -0.2) is 28.3 Å². The lowest BCUT2D eigenvalue weighted by Crippen LogP contribution is -2.03. The Kier molecular flexibility index (Phi) is 6.77. The minimum absolute atomic E-state index is 0.118. The summed E-state index contributed by atoms with van der Waals surface area (Å²) in [4.78, 5) is 27.5. The largest absolute Gasteiger partial charge is 0.493 e. The zero-order valence-electron chi connectivity index (χ0n) is 13.4. The molecule has 0 fully saturated rings. The van der Waals surface area contributed by atoms with Crippen LogP contribution in [0.15, 0.2) is 22.8 Å². The lowest BCUT2D eigenvalue weighted by atomic mass is 10.1. The predicted octanol–water partition coefficient (Wildman–Crippen LogP) is 4.39. The molecule has 0 amide bonds. The Labute approximate surface area is 153 Å². The number of halogens is 1. The van der Waals surface area contributed by atoms with Crippen molar-refractivity contribution in [3.05, 3.63) is 28.4 Å². The molecule has 1 heterocycles. The first-order chi connectivity index (χ1) is 11.4. The number of thioether (sulfide) groups is 2. The third-order valence-corrected chi connectivity index (χ3v) is 5.40. The third-order valence-electron chi connectivity index (χ3n) is 2.86. The quantitative estimate of drug-likeness (QED) is 0.425. The van der Waals surface area contributed by atoms with Gasteiger partial charge in [-0.3, -0.25) is 9.59 Å². The molecule has 1 aliphatic heterocycles. The van der Waals surface area contributed by atoms with Crippen LogP contribution in [0, 0.1) is 0 Å². The molecule has 0 atom stereocenters. The Morgan fingerprint density at radius 3 is 2.79 bits per heavy atom. The van der Waals surface area contributed by atoms with Gasteiger partial charge in [-0.1, -0.05) is 30.3 Å². The monoisotopic (exact) mass is 385 g/mol. The fourth-order valence-electron chi connectivity index (χ4n) is 1.84. The van der Waals surface area contributed by atoms with Crippen LogP contribution in [-0.2, 0) is 9.59 Å². The summed E-state index contributed by atoms with van der Waals surface area (Å²) in [5.41, 5.74) is 0.904. The maximum atomic E-state index is 12.1. The second-order valence-corrected chi connectivity index (χ2v) is 7.47. The van der Waals surface area contributed by atoms with E-state index in [-0.39, 0.29) is 10.9 Å². The summed E-state index contributed by atoms with van der Waals surface area (Å²) < 4.78 is 11.0. The summed E-state index contributed by atoms with van der Waals surface area (Å²) in [5.74, 6) is 1.02. The Morgan fingerprint density at radius 1 is 1.42 bits per heavy atom. The maximum Gasteiger partial charge on any atom is 0.308 e. The molecule has 24 heavy (non-hydrogen) atoms. The van der Waals surface area contributed by atoms with E-state index in [4.69, 9.17) is 21.1 Å². The second-order valence-electron chi connectivity index (χ2n) is 4.76. The van der Waals surface area contributed by atoms with Gasteiger partial charge >= 0.3 is 5.97 Å². The second kappa shape index (κ2) is 8.60. The van der Waals surface area contributed by atoms with Crippen LogP contribution in [0.4, 0.5) is 0 Å². The van der Waals surface area contributed by atoms with Gasteiger partial charge in [0, 0.05) is 13.0 Å². The molecular formula is C16H16ClNO4S2. The molecule has 1 aromatic rings. The molecule has 0 N–H and O–H groups in total. The van der Waals surface area contributed by atoms with Crippen molar-refractivity contribution in [2.45, 2.75) is 20.3 Å². The van der Waals surface area contributed by atoms with E-state index in [1.165, 1.54) is 20.1 Å². The normalized spacial score (nSPS) is 15.6. The standard InChI is InChI=1S/C16H16ClNO4S2/c1-4-5-23-16-18-12(15(20)24-16)6-10-7-13(21-3)14(8-11(10)17)22-9(2)19/h6-8H,4-5H2,1-3H3. The van der Waals surface area contributed by atoms with Gasteiger partial charge in [0.25, 0.3) is 0 Å². The third kappa shape index (κ3) is 4.78. The van der Waals surface area contributed by atoms with Gasteiger partial charge in [-0.25, -0.2) is 4.99 Å². The Bertz CT molecular complexity index is 731. The Morgan fingerprint density at radius 2 is 2.17 bits per heavy atom. The molecule has 1 aromatic carbocycles. The molecule has 1 aliphatic rings. The fraction of sp³-hybridized carbons (Fsp3) is 0.312. The topological polar surface area (TPSA) is 65.0 Å². The highest BCUT2D eigenvalue weighted by Gasteiger charge is 2.23. The van der Waals surface area contributed by atoms with Crippen LogP contribution in [0.1, 0.15) is 25.8 Å². The van der Waals surface area contributed by atoms with Crippen molar-refractivity contribution in [3.63, 3.8) is 0 Å². The lowest BCUT2D eigenvalue weighted by Gasteiger charge is -2.10. The number of hydrogen-bond acceptors (Lipinski definition) is 7. The first-order valence-corrected chi connectivity index (χ1v) is 9.34. The van der Waals surface area contributed by atoms with Crippen molar-refractivity contribution in [1.82, 2.24) is 0 Å². The van der Waals surface area contributed by atoms with Crippen molar-refractivity contribution in [2.24, 2.45) is 4.99 Å². The zero-order chi connectivity index (χ0) is 17.7.